The monoisotopic (exact) mass is 491 g/mol. The quantitative estimate of drug-likeness (QED) is 0.454. The van der Waals surface area contributed by atoms with Crippen LogP contribution in [0.5, 0.6) is 17.2 Å². The number of benzene rings is 2. The summed E-state index contributed by atoms with van der Waals surface area (Å²) in [6.07, 6.45) is 0.343. The van der Waals surface area contributed by atoms with Gasteiger partial charge in [0.2, 0.25) is 10.0 Å². The third-order valence-electron chi connectivity index (χ3n) is 5.48. The number of carbonyl (C=O) groups is 1. The van der Waals surface area contributed by atoms with Gasteiger partial charge in [-0.25, -0.2) is 8.42 Å². The van der Waals surface area contributed by atoms with E-state index < -0.39 is 10.0 Å². The molecule has 186 valence electrons. The van der Waals surface area contributed by atoms with Gasteiger partial charge in [0.15, 0.2) is 6.61 Å². The van der Waals surface area contributed by atoms with Crippen molar-refractivity contribution in [3.05, 3.63) is 48.5 Å². The maximum absolute atomic E-state index is 12.7. The summed E-state index contributed by atoms with van der Waals surface area (Å²) in [4.78, 5) is 14.2. The van der Waals surface area contributed by atoms with Gasteiger partial charge in [-0.1, -0.05) is 0 Å². The molecule has 0 aromatic heterocycles. The number of rotatable bonds is 12. The highest BCUT2D eigenvalue weighted by Gasteiger charge is 2.26. The molecule has 2 aromatic rings. The lowest BCUT2D eigenvalue weighted by molar-refractivity contribution is -0.123. The third kappa shape index (κ3) is 7.53. The zero-order valence-corrected chi connectivity index (χ0v) is 20.6. The van der Waals surface area contributed by atoms with E-state index in [4.69, 9.17) is 14.2 Å². The van der Waals surface area contributed by atoms with Crippen LogP contribution in [0.3, 0.4) is 0 Å². The zero-order valence-electron chi connectivity index (χ0n) is 19.7. The van der Waals surface area contributed by atoms with Gasteiger partial charge in [0.25, 0.3) is 5.91 Å². The van der Waals surface area contributed by atoms with Crippen LogP contribution in [0, 0.1) is 0 Å². The molecular weight excluding hydrogens is 458 g/mol. The SMILES string of the molecule is CCOc1ccc(OCC(=O)NCCCS(=O)(=O)N2CCN(c3ccc(OC)cc3)CC2)cc1. The van der Waals surface area contributed by atoms with Crippen LogP contribution in [0.25, 0.3) is 0 Å². The van der Waals surface area contributed by atoms with Gasteiger partial charge < -0.3 is 24.4 Å². The van der Waals surface area contributed by atoms with Gasteiger partial charge in [0, 0.05) is 38.4 Å². The Bertz CT molecular complexity index is 1000. The van der Waals surface area contributed by atoms with Gasteiger partial charge in [-0.05, 0) is 61.9 Å². The van der Waals surface area contributed by atoms with Crippen LogP contribution in [0.2, 0.25) is 0 Å². The molecule has 1 aliphatic rings. The summed E-state index contributed by atoms with van der Waals surface area (Å²) in [5.41, 5.74) is 1.05. The molecule has 0 saturated carbocycles. The lowest BCUT2D eigenvalue weighted by Gasteiger charge is -2.35. The maximum Gasteiger partial charge on any atom is 0.257 e. The fourth-order valence-corrected chi connectivity index (χ4v) is 5.11. The fourth-order valence-electron chi connectivity index (χ4n) is 3.63. The van der Waals surface area contributed by atoms with Crippen LogP contribution >= 0.6 is 0 Å². The molecule has 2 aromatic carbocycles. The summed E-state index contributed by atoms with van der Waals surface area (Å²) in [6, 6.07) is 14.8. The Morgan fingerprint density at radius 3 is 2.09 bits per heavy atom. The molecule has 0 atom stereocenters. The third-order valence-corrected chi connectivity index (χ3v) is 7.43. The highest BCUT2D eigenvalue weighted by atomic mass is 32.2. The fraction of sp³-hybridized carbons (Fsp3) is 0.458. The Morgan fingerprint density at radius 2 is 1.50 bits per heavy atom. The number of ether oxygens (including phenoxy) is 3. The molecule has 0 aliphatic carbocycles. The van der Waals surface area contributed by atoms with E-state index in [9.17, 15) is 13.2 Å². The first kappa shape index (κ1) is 25.6. The number of hydrogen-bond donors (Lipinski definition) is 1. The van der Waals surface area contributed by atoms with Gasteiger partial charge in [0.1, 0.15) is 17.2 Å². The van der Waals surface area contributed by atoms with Gasteiger partial charge in [-0.2, -0.15) is 4.31 Å². The first-order valence-electron chi connectivity index (χ1n) is 11.4. The van der Waals surface area contributed by atoms with Crippen LogP contribution in [-0.2, 0) is 14.8 Å². The minimum Gasteiger partial charge on any atom is -0.497 e. The van der Waals surface area contributed by atoms with Crippen molar-refractivity contribution in [3.8, 4) is 17.2 Å². The standard InChI is InChI=1S/C24H33N3O6S/c1-3-32-22-9-11-23(12-10-22)33-19-24(28)25-13-4-18-34(29,30)27-16-14-26(15-17-27)20-5-7-21(31-2)8-6-20/h5-12H,3-4,13-19H2,1-2H3,(H,25,28). The Morgan fingerprint density at radius 1 is 0.912 bits per heavy atom. The van der Waals surface area contributed by atoms with Gasteiger partial charge in [-0.15, -0.1) is 0 Å². The number of nitrogens with zero attached hydrogens (tertiary/aromatic N) is 2. The number of piperazine rings is 1. The topological polar surface area (TPSA) is 97.4 Å². The highest BCUT2D eigenvalue weighted by molar-refractivity contribution is 7.89. The van der Waals surface area contributed by atoms with E-state index in [1.807, 2.05) is 31.2 Å². The minimum absolute atomic E-state index is 0.00440. The predicted molar refractivity (Wildman–Crippen MR) is 131 cm³/mol. The Kier molecular flexibility index (Phi) is 9.41. The molecule has 1 amide bonds. The number of carbonyl (C=O) groups excluding carboxylic acids is 1. The second-order valence-electron chi connectivity index (χ2n) is 7.80. The number of anilines is 1. The molecule has 0 radical (unpaired) electrons. The summed E-state index contributed by atoms with van der Waals surface area (Å²) in [6.45, 7) is 4.77. The van der Waals surface area contributed by atoms with E-state index in [0.29, 0.717) is 45.0 Å². The van der Waals surface area contributed by atoms with Crippen LogP contribution in [0.1, 0.15) is 13.3 Å². The number of nitrogens with one attached hydrogen (secondary N) is 1. The van der Waals surface area contributed by atoms with E-state index in [0.717, 1.165) is 17.2 Å². The molecule has 34 heavy (non-hydrogen) atoms. The van der Waals surface area contributed by atoms with Crippen molar-refractivity contribution in [2.24, 2.45) is 0 Å². The van der Waals surface area contributed by atoms with E-state index in [1.165, 1.54) is 4.31 Å². The van der Waals surface area contributed by atoms with Crippen molar-refractivity contribution in [2.75, 3.05) is 63.7 Å². The first-order valence-corrected chi connectivity index (χ1v) is 13.0. The first-order chi connectivity index (χ1) is 16.4. The molecule has 1 aliphatic heterocycles. The van der Waals surface area contributed by atoms with E-state index in [1.54, 1.807) is 31.4 Å². The van der Waals surface area contributed by atoms with Gasteiger partial charge in [0.05, 0.1) is 19.5 Å². The van der Waals surface area contributed by atoms with E-state index in [-0.39, 0.29) is 24.8 Å². The van der Waals surface area contributed by atoms with Crippen molar-refractivity contribution in [3.63, 3.8) is 0 Å². The average Bonchev–Trinajstić information content (AvgIpc) is 2.86. The smallest absolute Gasteiger partial charge is 0.257 e. The molecule has 1 saturated heterocycles. The number of amides is 1. The van der Waals surface area contributed by atoms with Gasteiger partial charge >= 0.3 is 0 Å². The number of hydrogen-bond acceptors (Lipinski definition) is 7. The largest absolute Gasteiger partial charge is 0.497 e. The lowest BCUT2D eigenvalue weighted by Crippen LogP contribution is -2.49. The molecular formula is C24H33N3O6S. The number of sulfonamides is 1. The Hall–Kier alpha value is -2.98. The molecule has 1 fully saturated rings. The van der Waals surface area contributed by atoms with Crippen LogP contribution in [0.4, 0.5) is 5.69 Å². The average molecular weight is 492 g/mol. The molecule has 10 heteroatoms. The minimum atomic E-state index is -3.37. The molecule has 9 nitrogen and oxygen atoms in total. The Balaban J connectivity index is 1.33. The second-order valence-corrected chi connectivity index (χ2v) is 9.89. The maximum atomic E-state index is 12.7. The normalized spacial score (nSPS) is 14.5. The molecule has 0 spiro atoms. The molecule has 0 unspecified atom stereocenters. The summed E-state index contributed by atoms with van der Waals surface area (Å²) < 4.78 is 42.9. The summed E-state index contributed by atoms with van der Waals surface area (Å²) in [7, 11) is -1.74. The predicted octanol–water partition coefficient (Wildman–Crippen LogP) is 2.13. The second kappa shape index (κ2) is 12.5. The molecule has 1 N–H and O–H groups in total. The molecule has 0 bridgehead atoms. The van der Waals surface area contributed by atoms with Crippen molar-refractivity contribution in [2.45, 2.75) is 13.3 Å². The van der Waals surface area contributed by atoms with Crippen LogP contribution in [0.15, 0.2) is 48.5 Å². The van der Waals surface area contributed by atoms with Gasteiger partial charge in [-0.3, -0.25) is 4.79 Å². The van der Waals surface area contributed by atoms with Crippen molar-refractivity contribution < 1.29 is 27.4 Å². The van der Waals surface area contributed by atoms with Crippen molar-refractivity contribution >= 4 is 21.6 Å². The zero-order chi connectivity index (χ0) is 24.4. The van der Waals surface area contributed by atoms with Crippen LogP contribution in [-0.4, -0.2) is 77.4 Å². The summed E-state index contributed by atoms with van der Waals surface area (Å²) in [5.74, 6) is 1.80. The molecule has 1 heterocycles. The van der Waals surface area contributed by atoms with E-state index >= 15 is 0 Å². The van der Waals surface area contributed by atoms with Crippen LogP contribution < -0.4 is 24.4 Å². The summed E-state index contributed by atoms with van der Waals surface area (Å²) >= 11 is 0. The van der Waals surface area contributed by atoms with Crippen molar-refractivity contribution in [1.82, 2.24) is 9.62 Å². The van der Waals surface area contributed by atoms with Crippen molar-refractivity contribution in [1.29, 1.82) is 0 Å². The highest BCUT2D eigenvalue weighted by Crippen LogP contribution is 2.21. The Labute approximate surface area is 201 Å². The lowest BCUT2D eigenvalue weighted by atomic mass is 10.2. The number of methoxy groups -OCH3 is 1. The molecule has 3 rings (SSSR count). The summed E-state index contributed by atoms with van der Waals surface area (Å²) in [5, 5.41) is 2.71. The van der Waals surface area contributed by atoms with E-state index in [2.05, 4.69) is 10.2 Å².